The standard InChI is InChI=1S/C37H23NO2/c38-30-20-28-27(19-29(30)37(39)40)33(21-9-3-1-4-10-21)35-25-15-7-13-23-17-18-24-14-8-16-26(32(24)31(23)25)36(35)34(28)22-11-5-2-6-12-22/h1-20H,38H2,(H,39,40). The molecule has 0 spiro atoms. The Labute approximate surface area is 230 Å². The van der Waals surface area contributed by atoms with Gasteiger partial charge < -0.3 is 10.8 Å². The number of aromatic carboxylic acids is 1. The summed E-state index contributed by atoms with van der Waals surface area (Å²) in [7, 11) is 0. The second-order valence-corrected chi connectivity index (χ2v) is 10.4. The number of benzene rings is 8. The van der Waals surface area contributed by atoms with Crippen LogP contribution in [0.1, 0.15) is 10.4 Å². The maximum atomic E-state index is 12.3. The lowest BCUT2D eigenvalue weighted by atomic mass is 9.80. The van der Waals surface area contributed by atoms with E-state index in [4.69, 9.17) is 5.73 Å². The molecule has 0 unspecified atom stereocenters. The van der Waals surface area contributed by atoms with Crippen LogP contribution in [0.5, 0.6) is 0 Å². The molecule has 0 amide bonds. The van der Waals surface area contributed by atoms with Crippen molar-refractivity contribution in [2.75, 3.05) is 5.73 Å². The monoisotopic (exact) mass is 513 g/mol. The number of nitrogens with two attached hydrogens (primary N) is 1. The molecule has 40 heavy (non-hydrogen) atoms. The molecular weight excluding hydrogens is 490 g/mol. The van der Waals surface area contributed by atoms with Crippen molar-refractivity contribution >= 4 is 65.5 Å². The third-order valence-corrected chi connectivity index (χ3v) is 8.26. The fourth-order valence-electron chi connectivity index (χ4n) is 6.66. The van der Waals surface area contributed by atoms with Gasteiger partial charge in [0.15, 0.2) is 0 Å². The van der Waals surface area contributed by atoms with Crippen LogP contribution in [-0.4, -0.2) is 11.1 Å². The van der Waals surface area contributed by atoms with Crippen molar-refractivity contribution in [3.63, 3.8) is 0 Å². The fourth-order valence-corrected chi connectivity index (χ4v) is 6.66. The Hall–Kier alpha value is -5.41. The van der Waals surface area contributed by atoms with Gasteiger partial charge in [0.05, 0.1) is 5.56 Å². The van der Waals surface area contributed by atoms with E-state index < -0.39 is 5.97 Å². The van der Waals surface area contributed by atoms with E-state index in [-0.39, 0.29) is 11.3 Å². The Morgan fingerprint density at radius 2 is 0.975 bits per heavy atom. The van der Waals surface area contributed by atoms with Gasteiger partial charge in [-0.3, -0.25) is 0 Å². The molecule has 3 heteroatoms. The zero-order chi connectivity index (χ0) is 27.0. The summed E-state index contributed by atoms with van der Waals surface area (Å²) in [4.78, 5) is 12.3. The number of anilines is 1. The van der Waals surface area contributed by atoms with Crippen molar-refractivity contribution < 1.29 is 9.90 Å². The normalized spacial score (nSPS) is 11.8. The van der Waals surface area contributed by atoms with E-state index >= 15 is 0 Å². The first-order valence-electron chi connectivity index (χ1n) is 13.3. The molecule has 0 fully saturated rings. The van der Waals surface area contributed by atoms with Crippen LogP contribution in [0.2, 0.25) is 0 Å². The number of carboxylic acids is 1. The summed E-state index contributed by atoms with van der Waals surface area (Å²) >= 11 is 0. The van der Waals surface area contributed by atoms with Gasteiger partial charge in [0.2, 0.25) is 0 Å². The lowest BCUT2D eigenvalue weighted by molar-refractivity contribution is 0.0698. The number of carbonyl (C=O) groups is 1. The molecule has 8 rings (SSSR count). The van der Waals surface area contributed by atoms with Gasteiger partial charge in [-0.1, -0.05) is 109 Å². The van der Waals surface area contributed by atoms with Crippen molar-refractivity contribution in [1.29, 1.82) is 0 Å². The van der Waals surface area contributed by atoms with Crippen LogP contribution in [0.4, 0.5) is 5.69 Å². The van der Waals surface area contributed by atoms with Gasteiger partial charge in [0.25, 0.3) is 0 Å². The quantitative estimate of drug-likeness (QED) is 0.140. The van der Waals surface area contributed by atoms with Crippen molar-refractivity contribution in [1.82, 2.24) is 0 Å². The fraction of sp³-hybridized carbons (Fsp3) is 0. The number of hydrogen-bond donors (Lipinski definition) is 2. The molecule has 0 bridgehead atoms. The number of fused-ring (bicyclic) bond motifs is 4. The van der Waals surface area contributed by atoms with E-state index in [1.54, 1.807) is 6.07 Å². The third-order valence-electron chi connectivity index (χ3n) is 8.26. The zero-order valence-corrected chi connectivity index (χ0v) is 21.5. The number of hydrogen-bond acceptors (Lipinski definition) is 2. The summed E-state index contributed by atoms with van der Waals surface area (Å²) in [5.41, 5.74) is 11.0. The molecule has 8 aromatic rings. The number of rotatable bonds is 3. The summed E-state index contributed by atoms with van der Waals surface area (Å²) < 4.78 is 0. The van der Waals surface area contributed by atoms with Gasteiger partial charge >= 0.3 is 5.97 Å². The van der Waals surface area contributed by atoms with Crippen LogP contribution in [0.25, 0.3) is 76.1 Å². The van der Waals surface area contributed by atoms with Gasteiger partial charge in [-0.15, -0.1) is 0 Å². The molecule has 0 atom stereocenters. The van der Waals surface area contributed by atoms with Gasteiger partial charge in [0.1, 0.15) is 0 Å². The van der Waals surface area contributed by atoms with E-state index in [2.05, 4.69) is 72.8 Å². The minimum Gasteiger partial charge on any atom is -0.478 e. The molecule has 188 valence electrons. The molecule has 0 saturated heterocycles. The van der Waals surface area contributed by atoms with Crippen molar-refractivity contribution in [2.24, 2.45) is 0 Å². The zero-order valence-electron chi connectivity index (χ0n) is 21.5. The Bertz CT molecular complexity index is 2290. The van der Waals surface area contributed by atoms with Crippen molar-refractivity contribution in [2.45, 2.75) is 0 Å². The summed E-state index contributed by atoms with van der Waals surface area (Å²) in [5.74, 6) is -1.03. The highest BCUT2D eigenvalue weighted by molar-refractivity contribution is 6.41. The second kappa shape index (κ2) is 8.29. The average Bonchev–Trinajstić information content (AvgIpc) is 2.99. The first-order valence-corrected chi connectivity index (χ1v) is 13.3. The predicted octanol–water partition coefficient (Wildman–Crippen LogP) is 9.50. The smallest absolute Gasteiger partial charge is 0.337 e. The van der Waals surface area contributed by atoms with Crippen LogP contribution in [0.15, 0.2) is 121 Å². The molecule has 0 aliphatic heterocycles. The average molecular weight is 514 g/mol. The van der Waals surface area contributed by atoms with Gasteiger partial charge in [-0.2, -0.15) is 0 Å². The summed E-state index contributed by atoms with van der Waals surface area (Å²) in [6.45, 7) is 0. The van der Waals surface area contributed by atoms with Gasteiger partial charge in [-0.25, -0.2) is 4.79 Å². The molecule has 0 heterocycles. The molecule has 3 nitrogen and oxygen atoms in total. The van der Waals surface area contributed by atoms with Crippen LogP contribution in [0, 0.1) is 0 Å². The first kappa shape index (κ1) is 22.6. The van der Waals surface area contributed by atoms with E-state index in [1.165, 1.54) is 26.9 Å². The molecule has 0 aliphatic rings. The number of carboxylic acid groups (broad SMARTS) is 1. The minimum atomic E-state index is -1.03. The summed E-state index contributed by atoms with van der Waals surface area (Å²) in [5, 5.41) is 21.4. The largest absolute Gasteiger partial charge is 0.478 e. The van der Waals surface area contributed by atoms with Crippen LogP contribution in [-0.2, 0) is 0 Å². The Morgan fingerprint density at radius 1 is 0.500 bits per heavy atom. The van der Waals surface area contributed by atoms with Crippen LogP contribution in [0.3, 0.4) is 0 Å². The molecule has 8 aromatic carbocycles. The summed E-state index contributed by atoms with van der Waals surface area (Å²) in [6, 6.07) is 41.7. The maximum absolute atomic E-state index is 12.3. The predicted molar refractivity (Wildman–Crippen MR) is 167 cm³/mol. The second-order valence-electron chi connectivity index (χ2n) is 10.4. The molecule has 0 aromatic heterocycles. The topological polar surface area (TPSA) is 63.3 Å². The van der Waals surface area contributed by atoms with E-state index in [9.17, 15) is 9.90 Å². The summed E-state index contributed by atoms with van der Waals surface area (Å²) in [6.07, 6.45) is 0. The SMILES string of the molecule is Nc1cc2c(-c3ccccc3)c3c4cccc5ccc6cccc(c3c(-c3ccccc3)c2cc1C(=O)O)c6c54. The highest BCUT2D eigenvalue weighted by atomic mass is 16.4. The Kier molecular flexibility index (Phi) is 4.68. The minimum absolute atomic E-state index is 0.111. The van der Waals surface area contributed by atoms with Gasteiger partial charge in [0, 0.05) is 5.69 Å². The maximum Gasteiger partial charge on any atom is 0.337 e. The highest BCUT2D eigenvalue weighted by Crippen LogP contribution is 2.51. The van der Waals surface area contributed by atoms with Gasteiger partial charge in [-0.05, 0) is 88.2 Å². The molecule has 0 saturated carbocycles. The molecule has 0 radical (unpaired) electrons. The number of nitrogen functional groups attached to an aromatic ring is 1. The third kappa shape index (κ3) is 3.03. The Morgan fingerprint density at radius 3 is 1.45 bits per heavy atom. The van der Waals surface area contributed by atoms with E-state index in [1.807, 2.05) is 42.5 Å². The lowest BCUT2D eigenvalue weighted by Crippen LogP contribution is -2.03. The Balaban J connectivity index is 1.79. The van der Waals surface area contributed by atoms with Crippen molar-refractivity contribution in [3.8, 4) is 22.3 Å². The van der Waals surface area contributed by atoms with E-state index in [0.29, 0.717) is 0 Å². The molecular formula is C37H23NO2. The van der Waals surface area contributed by atoms with E-state index in [0.717, 1.165) is 49.2 Å². The molecule has 0 aliphatic carbocycles. The molecule has 3 N–H and O–H groups in total. The van der Waals surface area contributed by atoms with Crippen LogP contribution >= 0.6 is 0 Å². The lowest BCUT2D eigenvalue weighted by Gasteiger charge is -2.23. The van der Waals surface area contributed by atoms with Crippen LogP contribution < -0.4 is 5.73 Å². The first-order chi connectivity index (χ1) is 19.6. The highest BCUT2D eigenvalue weighted by Gasteiger charge is 2.24. The van der Waals surface area contributed by atoms with Crippen molar-refractivity contribution in [3.05, 3.63) is 127 Å².